The maximum absolute atomic E-state index is 12.3. The molecule has 3 aliphatic rings. The molecule has 2 aliphatic heterocycles. The molecule has 3 fully saturated rings. The molecule has 5 heteroatoms. The van der Waals surface area contributed by atoms with Gasteiger partial charge in [-0.05, 0) is 37.5 Å². The fourth-order valence-electron chi connectivity index (χ4n) is 3.80. The van der Waals surface area contributed by atoms with E-state index < -0.39 is 0 Å². The number of carbonyl (C=O) groups is 2. The zero-order chi connectivity index (χ0) is 13.4. The molecule has 106 valence electrons. The largest absolute Gasteiger partial charge is 0.341 e. The van der Waals surface area contributed by atoms with Gasteiger partial charge in [0.15, 0.2) is 0 Å². The zero-order valence-electron chi connectivity index (χ0n) is 11.4. The molecule has 0 aromatic carbocycles. The highest BCUT2D eigenvalue weighted by Gasteiger charge is 2.42. The predicted octanol–water partition coefficient (Wildman–Crippen LogP) is 0.195. The molecule has 0 radical (unpaired) electrons. The summed E-state index contributed by atoms with van der Waals surface area (Å²) in [5.74, 6) is 1.32. The summed E-state index contributed by atoms with van der Waals surface area (Å²) in [7, 11) is 0. The fourth-order valence-corrected chi connectivity index (χ4v) is 3.80. The molecule has 2 heterocycles. The SMILES string of the molecule is NC1CCC2CN(C(=O)CN3CCCCC3=O)CC12. The van der Waals surface area contributed by atoms with Gasteiger partial charge in [-0.15, -0.1) is 0 Å². The minimum Gasteiger partial charge on any atom is -0.341 e. The second-order valence-electron chi connectivity index (χ2n) is 6.24. The number of hydrogen-bond acceptors (Lipinski definition) is 3. The van der Waals surface area contributed by atoms with Crippen LogP contribution in [0.2, 0.25) is 0 Å². The maximum atomic E-state index is 12.3. The first-order valence-corrected chi connectivity index (χ1v) is 7.46. The molecule has 2 N–H and O–H groups in total. The van der Waals surface area contributed by atoms with Crippen LogP contribution < -0.4 is 5.73 Å². The summed E-state index contributed by atoms with van der Waals surface area (Å²) in [5, 5.41) is 0. The summed E-state index contributed by atoms with van der Waals surface area (Å²) in [6, 6.07) is 0.263. The van der Waals surface area contributed by atoms with E-state index in [1.165, 1.54) is 0 Å². The Bertz CT molecular complexity index is 385. The molecule has 2 amide bonds. The monoisotopic (exact) mass is 265 g/mol. The molecule has 2 saturated heterocycles. The van der Waals surface area contributed by atoms with Crippen molar-refractivity contribution >= 4 is 11.8 Å². The van der Waals surface area contributed by atoms with Gasteiger partial charge < -0.3 is 15.5 Å². The van der Waals surface area contributed by atoms with Crippen LogP contribution in [0.25, 0.3) is 0 Å². The number of nitrogens with zero attached hydrogens (tertiary/aromatic N) is 2. The molecule has 19 heavy (non-hydrogen) atoms. The Morgan fingerprint density at radius 3 is 2.84 bits per heavy atom. The Morgan fingerprint density at radius 1 is 1.26 bits per heavy atom. The minimum absolute atomic E-state index is 0.108. The van der Waals surface area contributed by atoms with Crippen LogP contribution in [0.1, 0.15) is 32.1 Å². The van der Waals surface area contributed by atoms with Crippen LogP contribution in [-0.2, 0) is 9.59 Å². The van der Waals surface area contributed by atoms with E-state index in [9.17, 15) is 9.59 Å². The van der Waals surface area contributed by atoms with E-state index in [4.69, 9.17) is 5.73 Å². The molecule has 3 atom stereocenters. The highest BCUT2D eigenvalue weighted by atomic mass is 16.2. The van der Waals surface area contributed by atoms with E-state index in [1.54, 1.807) is 4.90 Å². The van der Waals surface area contributed by atoms with Crippen molar-refractivity contribution in [2.75, 3.05) is 26.2 Å². The smallest absolute Gasteiger partial charge is 0.242 e. The van der Waals surface area contributed by atoms with Crippen LogP contribution in [0.5, 0.6) is 0 Å². The normalized spacial score (nSPS) is 34.8. The average molecular weight is 265 g/mol. The lowest BCUT2D eigenvalue weighted by Gasteiger charge is -2.28. The number of hydrogen-bond donors (Lipinski definition) is 1. The second-order valence-corrected chi connectivity index (χ2v) is 6.24. The topological polar surface area (TPSA) is 66.6 Å². The van der Waals surface area contributed by atoms with Gasteiger partial charge in [-0.3, -0.25) is 9.59 Å². The number of piperidine rings is 1. The van der Waals surface area contributed by atoms with Crippen LogP contribution in [0.3, 0.4) is 0 Å². The molecule has 1 aliphatic carbocycles. The van der Waals surface area contributed by atoms with Gasteiger partial charge in [-0.1, -0.05) is 0 Å². The van der Waals surface area contributed by atoms with Crippen molar-refractivity contribution in [3.63, 3.8) is 0 Å². The van der Waals surface area contributed by atoms with Crippen molar-refractivity contribution in [3.05, 3.63) is 0 Å². The van der Waals surface area contributed by atoms with Gasteiger partial charge in [0.05, 0.1) is 6.54 Å². The first-order valence-electron chi connectivity index (χ1n) is 7.46. The van der Waals surface area contributed by atoms with Gasteiger partial charge in [-0.2, -0.15) is 0 Å². The third-order valence-corrected chi connectivity index (χ3v) is 5.01. The summed E-state index contributed by atoms with van der Waals surface area (Å²) < 4.78 is 0. The van der Waals surface area contributed by atoms with Gasteiger partial charge in [-0.25, -0.2) is 0 Å². The second kappa shape index (κ2) is 5.12. The van der Waals surface area contributed by atoms with Gasteiger partial charge in [0, 0.05) is 32.1 Å². The minimum atomic E-state index is 0.108. The molecule has 3 rings (SSSR count). The van der Waals surface area contributed by atoms with Crippen molar-refractivity contribution in [2.45, 2.75) is 38.1 Å². The quantitative estimate of drug-likeness (QED) is 0.775. The number of rotatable bonds is 2. The highest BCUT2D eigenvalue weighted by Crippen LogP contribution is 2.37. The lowest BCUT2D eigenvalue weighted by molar-refractivity contribution is -0.141. The Morgan fingerprint density at radius 2 is 2.11 bits per heavy atom. The summed E-state index contributed by atoms with van der Waals surface area (Å²) in [6.45, 7) is 2.66. The summed E-state index contributed by atoms with van der Waals surface area (Å²) in [5.41, 5.74) is 6.09. The van der Waals surface area contributed by atoms with Gasteiger partial charge in [0.1, 0.15) is 0 Å². The molecule has 0 bridgehead atoms. The van der Waals surface area contributed by atoms with Gasteiger partial charge >= 0.3 is 0 Å². The number of amides is 2. The van der Waals surface area contributed by atoms with E-state index >= 15 is 0 Å². The first-order chi connectivity index (χ1) is 9.15. The van der Waals surface area contributed by atoms with Crippen molar-refractivity contribution in [1.29, 1.82) is 0 Å². The maximum Gasteiger partial charge on any atom is 0.242 e. The van der Waals surface area contributed by atoms with Crippen LogP contribution in [0, 0.1) is 11.8 Å². The van der Waals surface area contributed by atoms with Crippen LogP contribution in [0.15, 0.2) is 0 Å². The summed E-state index contributed by atoms with van der Waals surface area (Å²) >= 11 is 0. The predicted molar refractivity (Wildman–Crippen MR) is 71.2 cm³/mol. The average Bonchev–Trinajstić information content (AvgIpc) is 2.95. The highest BCUT2D eigenvalue weighted by molar-refractivity contribution is 5.85. The van der Waals surface area contributed by atoms with E-state index in [2.05, 4.69) is 0 Å². The lowest BCUT2D eigenvalue weighted by atomic mass is 9.98. The van der Waals surface area contributed by atoms with Gasteiger partial charge in [0.25, 0.3) is 0 Å². The third kappa shape index (κ3) is 2.48. The molecule has 0 aromatic rings. The molecule has 0 spiro atoms. The Hall–Kier alpha value is -1.10. The lowest BCUT2D eigenvalue weighted by Crippen LogP contribution is -2.44. The van der Waals surface area contributed by atoms with Crippen molar-refractivity contribution in [1.82, 2.24) is 9.80 Å². The van der Waals surface area contributed by atoms with Crippen molar-refractivity contribution in [2.24, 2.45) is 17.6 Å². The first kappa shape index (κ1) is 12.9. The van der Waals surface area contributed by atoms with Crippen LogP contribution in [0.4, 0.5) is 0 Å². The molecular formula is C14H23N3O2. The zero-order valence-corrected chi connectivity index (χ0v) is 11.4. The third-order valence-electron chi connectivity index (χ3n) is 5.01. The van der Waals surface area contributed by atoms with E-state index in [0.29, 0.717) is 18.3 Å². The number of carbonyl (C=O) groups excluding carboxylic acids is 2. The van der Waals surface area contributed by atoms with Crippen molar-refractivity contribution < 1.29 is 9.59 Å². The Labute approximate surface area is 114 Å². The molecule has 3 unspecified atom stereocenters. The molecular weight excluding hydrogens is 242 g/mol. The standard InChI is InChI=1S/C14H23N3O2/c15-12-5-4-10-7-17(8-11(10)12)14(19)9-16-6-2-1-3-13(16)18/h10-12H,1-9,15H2. The summed E-state index contributed by atoms with van der Waals surface area (Å²) in [4.78, 5) is 27.7. The van der Waals surface area contributed by atoms with E-state index in [0.717, 1.165) is 45.3 Å². The Balaban J connectivity index is 1.55. The fraction of sp³-hybridized carbons (Fsp3) is 0.857. The van der Waals surface area contributed by atoms with Crippen LogP contribution in [-0.4, -0.2) is 53.8 Å². The van der Waals surface area contributed by atoms with E-state index in [1.807, 2.05) is 4.90 Å². The van der Waals surface area contributed by atoms with Gasteiger partial charge in [0.2, 0.25) is 11.8 Å². The summed E-state index contributed by atoms with van der Waals surface area (Å²) in [6.07, 6.45) is 4.84. The number of fused-ring (bicyclic) bond motifs is 1. The van der Waals surface area contributed by atoms with E-state index in [-0.39, 0.29) is 24.4 Å². The number of likely N-dealkylation sites (tertiary alicyclic amines) is 2. The van der Waals surface area contributed by atoms with Crippen LogP contribution >= 0.6 is 0 Å². The number of nitrogens with two attached hydrogens (primary N) is 1. The molecule has 1 saturated carbocycles. The Kier molecular flexibility index (Phi) is 3.48. The van der Waals surface area contributed by atoms with Crippen molar-refractivity contribution in [3.8, 4) is 0 Å². The molecule has 5 nitrogen and oxygen atoms in total. The molecule has 0 aromatic heterocycles.